The van der Waals surface area contributed by atoms with Crippen LogP contribution in [-0.2, 0) is 0 Å². The molecule has 0 aliphatic carbocycles. The van der Waals surface area contributed by atoms with Crippen LogP contribution in [0.5, 0.6) is 5.75 Å². The molecule has 1 aromatic rings. The Morgan fingerprint density at radius 1 is 1.46 bits per heavy atom. The molecule has 0 fully saturated rings. The summed E-state index contributed by atoms with van der Waals surface area (Å²) >= 11 is 3.33. The van der Waals surface area contributed by atoms with E-state index in [1.807, 2.05) is 24.3 Å². The first-order valence-electron chi connectivity index (χ1n) is 3.89. The molecule has 0 spiro atoms. The van der Waals surface area contributed by atoms with Crippen molar-refractivity contribution in [2.75, 3.05) is 0 Å². The van der Waals surface area contributed by atoms with Gasteiger partial charge in [0.25, 0.3) is 0 Å². The molecule has 1 rings (SSSR count). The van der Waals surface area contributed by atoms with E-state index in [1.165, 1.54) is 0 Å². The van der Waals surface area contributed by atoms with Gasteiger partial charge in [0, 0.05) is 4.47 Å². The fourth-order valence-corrected chi connectivity index (χ4v) is 1.23. The van der Waals surface area contributed by atoms with Crippen LogP contribution in [0.2, 0.25) is 0 Å². The number of halogens is 1. The molecule has 13 heavy (non-hydrogen) atoms. The number of rotatable bonds is 2. The van der Waals surface area contributed by atoms with E-state index in [1.54, 1.807) is 13.8 Å². The molecule has 0 atom stereocenters. The van der Waals surface area contributed by atoms with Gasteiger partial charge in [0.05, 0.1) is 0 Å². The standard InChI is InChI=1S/C10H10BrNO/c1-10(2,7-12)13-9-5-3-4-8(11)6-9/h3-6H,1-2H3. The normalized spacial score (nSPS) is 10.6. The molecule has 0 aromatic heterocycles. The summed E-state index contributed by atoms with van der Waals surface area (Å²) in [6, 6.07) is 9.50. The number of ether oxygens (including phenoxy) is 1. The van der Waals surface area contributed by atoms with Gasteiger partial charge in [-0.15, -0.1) is 0 Å². The lowest BCUT2D eigenvalue weighted by Crippen LogP contribution is -2.25. The first-order valence-corrected chi connectivity index (χ1v) is 4.69. The highest BCUT2D eigenvalue weighted by molar-refractivity contribution is 9.10. The van der Waals surface area contributed by atoms with Gasteiger partial charge in [0.1, 0.15) is 11.8 Å². The molecule has 2 nitrogen and oxygen atoms in total. The van der Waals surface area contributed by atoms with Crippen LogP contribution in [0.4, 0.5) is 0 Å². The highest BCUT2D eigenvalue weighted by Crippen LogP contribution is 2.21. The quantitative estimate of drug-likeness (QED) is 0.795. The molecule has 0 bridgehead atoms. The zero-order valence-corrected chi connectivity index (χ0v) is 9.13. The summed E-state index contributed by atoms with van der Waals surface area (Å²) in [4.78, 5) is 0. The van der Waals surface area contributed by atoms with Crippen LogP contribution in [0.1, 0.15) is 13.8 Å². The Morgan fingerprint density at radius 3 is 2.69 bits per heavy atom. The summed E-state index contributed by atoms with van der Waals surface area (Å²) < 4.78 is 6.38. The average Bonchev–Trinajstić information content (AvgIpc) is 2.03. The van der Waals surface area contributed by atoms with E-state index in [0.29, 0.717) is 5.75 Å². The van der Waals surface area contributed by atoms with Gasteiger partial charge in [-0.2, -0.15) is 5.26 Å². The maximum Gasteiger partial charge on any atom is 0.188 e. The topological polar surface area (TPSA) is 33.0 Å². The van der Waals surface area contributed by atoms with Crippen molar-refractivity contribution in [2.45, 2.75) is 19.4 Å². The maximum absolute atomic E-state index is 8.74. The van der Waals surface area contributed by atoms with Crippen molar-refractivity contribution in [3.8, 4) is 11.8 Å². The fraction of sp³-hybridized carbons (Fsp3) is 0.300. The zero-order chi connectivity index (χ0) is 9.90. The molecular weight excluding hydrogens is 230 g/mol. The Kier molecular flexibility index (Phi) is 2.94. The largest absolute Gasteiger partial charge is 0.473 e. The highest BCUT2D eigenvalue weighted by atomic mass is 79.9. The molecule has 1 aromatic carbocycles. The lowest BCUT2D eigenvalue weighted by atomic mass is 10.2. The van der Waals surface area contributed by atoms with Gasteiger partial charge in [0.15, 0.2) is 5.60 Å². The van der Waals surface area contributed by atoms with Crippen molar-refractivity contribution < 1.29 is 4.74 Å². The van der Waals surface area contributed by atoms with E-state index in [0.717, 1.165) is 4.47 Å². The average molecular weight is 240 g/mol. The SMILES string of the molecule is CC(C)(C#N)Oc1cccc(Br)c1. The maximum atomic E-state index is 8.74. The van der Waals surface area contributed by atoms with Crippen LogP contribution in [0, 0.1) is 11.3 Å². The van der Waals surface area contributed by atoms with E-state index >= 15 is 0 Å². The van der Waals surface area contributed by atoms with Crippen molar-refractivity contribution >= 4 is 15.9 Å². The lowest BCUT2D eigenvalue weighted by Gasteiger charge is -2.18. The van der Waals surface area contributed by atoms with E-state index < -0.39 is 5.60 Å². The van der Waals surface area contributed by atoms with Crippen molar-refractivity contribution in [3.05, 3.63) is 28.7 Å². The predicted molar refractivity (Wildman–Crippen MR) is 54.5 cm³/mol. The van der Waals surface area contributed by atoms with Crippen molar-refractivity contribution in [2.24, 2.45) is 0 Å². The summed E-state index contributed by atoms with van der Waals surface area (Å²) in [5.74, 6) is 0.695. The first-order chi connectivity index (χ1) is 6.03. The van der Waals surface area contributed by atoms with Crippen LogP contribution in [0.15, 0.2) is 28.7 Å². The number of nitriles is 1. The minimum atomic E-state index is -0.777. The van der Waals surface area contributed by atoms with E-state index in [9.17, 15) is 0 Å². The molecule has 0 saturated heterocycles. The van der Waals surface area contributed by atoms with Gasteiger partial charge in [-0.25, -0.2) is 0 Å². The summed E-state index contributed by atoms with van der Waals surface area (Å²) in [6.07, 6.45) is 0. The molecule has 68 valence electrons. The van der Waals surface area contributed by atoms with Gasteiger partial charge in [-0.05, 0) is 32.0 Å². The Hall–Kier alpha value is -1.01. The third-order valence-corrected chi connectivity index (χ3v) is 1.93. The molecule has 0 saturated carbocycles. The van der Waals surface area contributed by atoms with Crippen molar-refractivity contribution in [1.29, 1.82) is 5.26 Å². The number of nitrogens with zero attached hydrogens (tertiary/aromatic N) is 1. The minimum Gasteiger partial charge on any atom is -0.473 e. The summed E-state index contributed by atoms with van der Waals surface area (Å²) in [7, 11) is 0. The van der Waals surface area contributed by atoms with Crippen molar-refractivity contribution in [3.63, 3.8) is 0 Å². The molecule has 0 aliphatic rings. The summed E-state index contributed by atoms with van der Waals surface area (Å²) in [5, 5.41) is 8.74. The summed E-state index contributed by atoms with van der Waals surface area (Å²) in [5.41, 5.74) is -0.777. The second-order valence-corrected chi connectivity index (χ2v) is 4.10. The van der Waals surface area contributed by atoms with Crippen LogP contribution < -0.4 is 4.74 Å². The predicted octanol–water partition coefficient (Wildman–Crippen LogP) is 3.13. The molecular formula is C10H10BrNO. The number of hydrogen-bond acceptors (Lipinski definition) is 2. The minimum absolute atomic E-state index is 0.695. The molecule has 0 unspecified atom stereocenters. The summed E-state index contributed by atoms with van der Waals surface area (Å²) in [6.45, 7) is 3.46. The Balaban J connectivity index is 2.82. The van der Waals surface area contributed by atoms with Gasteiger partial charge in [0.2, 0.25) is 0 Å². The molecule has 0 N–H and O–H groups in total. The van der Waals surface area contributed by atoms with Gasteiger partial charge >= 0.3 is 0 Å². The van der Waals surface area contributed by atoms with Crippen LogP contribution in [0.25, 0.3) is 0 Å². The lowest BCUT2D eigenvalue weighted by molar-refractivity contribution is 0.170. The van der Waals surface area contributed by atoms with E-state index in [2.05, 4.69) is 22.0 Å². The van der Waals surface area contributed by atoms with Gasteiger partial charge < -0.3 is 4.74 Å². The van der Waals surface area contributed by atoms with Crippen LogP contribution in [0.3, 0.4) is 0 Å². The fourth-order valence-electron chi connectivity index (χ4n) is 0.848. The third kappa shape index (κ3) is 3.08. The zero-order valence-electron chi connectivity index (χ0n) is 7.54. The molecule has 0 heterocycles. The van der Waals surface area contributed by atoms with Crippen LogP contribution >= 0.6 is 15.9 Å². The molecule has 0 amide bonds. The third-order valence-electron chi connectivity index (χ3n) is 1.44. The highest BCUT2D eigenvalue weighted by Gasteiger charge is 2.17. The first kappa shape index (κ1) is 10.1. The second kappa shape index (κ2) is 3.80. The Bertz CT molecular complexity index is 341. The smallest absolute Gasteiger partial charge is 0.188 e. The van der Waals surface area contributed by atoms with E-state index in [-0.39, 0.29) is 0 Å². The number of benzene rings is 1. The van der Waals surface area contributed by atoms with Crippen molar-refractivity contribution in [1.82, 2.24) is 0 Å². The van der Waals surface area contributed by atoms with E-state index in [4.69, 9.17) is 10.00 Å². The molecule has 0 radical (unpaired) electrons. The molecule has 0 aliphatic heterocycles. The van der Waals surface area contributed by atoms with Gasteiger partial charge in [-0.1, -0.05) is 22.0 Å². The van der Waals surface area contributed by atoms with Crippen LogP contribution in [-0.4, -0.2) is 5.60 Å². The second-order valence-electron chi connectivity index (χ2n) is 3.18. The molecule has 3 heteroatoms. The Morgan fingerprint density at radius 2 is 2.15 bits per heavy atom. The monoisotopic (exact) mass is 239 g/mol. The Labute approximate surface area is 86.3 Å². The number of hydrogen-bond donors (Lipinski definition) is 0. The van der Waals surface area contributed by atoms with Gasteiger partial charge in [-0.3, -0.25) is 0 Å².